The van der Waals surface area contributed by atoms with Crippen LogP contribution in [0.2, 0.25) is 0 Å². The number of nitrogens with one attached hydrogen (secondary N) is 2. The number of rotatable bonds is 7. The first kappa shape index (κ1) is 22.2. The molecule has 3 rings (SSSR count). The molecular formula is C19H23N3O6S2. The van der Waals surface area contributed by atoms with E-state index in [2.05, 4.69) is 10.0 Å². The molecule has 1 aliphatic rings. The van der Waals surface area contributed by atoms with E-state index in [0.717, 1.165) is 12.8 Å². The average Bonchev–Trinajstić information content (AvgIpc) is 3.29. The normalized spacial score (nSPS) is 15.1. The third kappa shape index (κ3) is 4.48. The maximum absolute atomic E-state index is 12.8. The Morgan fingerprint density at radius 1 is 1.00 bits per heavy atom. The van der Waals surface area contributed by atoms with Crippen LogP contribution < -0.4 is 14.8 Å². The van der Waals surface area contributed by atoms with Gasteiger partial charge in [-0.1, -0.05) is 6.07 Å². The van der Waals surface area contributed by atoms with E-state index < -0.39 is 26.0 Å². The van der Waals surface area contributed by atoms with Gasteiger partial charge in [-0.2, -0.15) is 4.31 Å². The summed E-state index contributed by atoms with van der Waals surface area (Å²) in [7, 11) is -4.71. The first-order valence-corrected chi connectivity index (χ1v) is 12.1. The number of carbonyl (C=O) groups is 1. The van der Waals surface area contributed by atoms with Crippen molar-refractivity contribution in [3.05, 3.63) is 48.0 Å². The average molecular weight is 454 g/mol. The van der Waals surface area contributed by atoms with Gasteiger partial charge in [0, 0.05) is 18.7 Å². The second-order valence-corrected chi connectivity index (χ2v) is 10.5. The van der Waals surface area contributed by atoms with Crippen LogP contribution in [-0.4, -0.2) is 54.3 Å². The summed E-state index contributed by atoms with van der Waals surface area (Å²) in [5.41, 5.74) is 0.269. The Kier molecular flexibility index (Phi) is 6.46. The summed E-state index contributed by atoms with van der Waals surface area (Å²) < 4.78 is 58.5. The van der Waals surface area contributed by atoms with E-state index in [-0.39, 0.29) is 26.8 Å². The van der Waals surface area contributed by atoms with Gasteiger partial charge in [0.2, 0.25) is 20.0 Å². The highest BCUT2D eigenvalue weighted by atomic mass is 32.2. The van der Waals surface area contributed by atoms with E-state index in [1.807, 2.05) is 0 Å². The van der Waals surface area contributed by atoms with Crippen molar-refractivity contribution in [3.63, 3.8) is 0 Å². The second kappa shape index (κ2) is 8.72. The van der Waals surface area contributed by atoms with Gasteiger partial charge >= 0.3 is 0 Å². The van der Waals surface area contributed by atoms with Crippen LogP contribution in [0.25, 0.3) is 0 Å². The SMILES string of the molecule is CNS(=O)(=O)c1cccc(C(=O)Nc2cc(S(=O)(=O)N3CCCC3)ccc2OC)c1. The summed E-state index contributed by atoms with van der Waals surface area (Å²) in [4.78, 5) is 12.7. The van der Waals surface area contributed by atoms with Crippen molar-refractivity contribution in [1.29, 1.82) is 0 Å². The molecular weight excluding hydrogens is 430 g/mol. The van der Waals surface area contributed by atoms with Crippen molar-refractivity contribution in [2.45, 2.75) is 22.6 Å². The molecule has 0 spiro atoms. The third-order valence-electron chi connectivity index (χ3n) is 4.80. The van der Waals surface area contributed by atoms with Gasteiger partial charge in [0.15, 0.2) is 0 Å². The van der Waals surface area contributed by atoms with Gasteiger partial charge in [0.05, 0.1) is 22.6 Å². The van der Waals surface area contributed by atoms with Crippen LogP contribution in [0.5, 0.6) is 5.75 Å². The van der Waals surface area contributed by atoms with E-state index in [0.29, 0.717) is 13.1 Å². The van der Waals surface area contributed by atoms with Gasteiger partial charge in [-0.05, 0) is 56.3 Å². The minimum atomic E-state index is -3.71. The Morgan fingerprint density at radius 2 is 1.70 bits per heavy atom. The van der Waals surface area contributed by atoms with Crippen molar-refractivity contribution < 1.29 is 26.4 Å². The van der Waals surface area contributed by atoms with Crippen molar-refractivity contribution in [2.24, 2.45) is 0 Å². The van der Waals surface area contributed by atoms with Gasteiger partial charge in [-0.3, -0.25) is 4.79 Å². The van der Waals surface area contributed by atoms with Crippen LogP contribution in [0, 0.1) is 0 Å². The van der Waals surface area contributed by atoms with E-state index in [9.17, 15) is 21.6 Å². The largest absolute Gasteiger partial charge is 0.495 e. The zero-order valence-electron chi connectivity index (χ0n) is 16.6. The fraction of sp³-hybridized carbons (Fsp3) is 0.316. The Balaban J connectivity index is 1.92. The lowest BCUT2D eigenvalue weighted by molar-refractivity contribution is 0.102. The van der Waals surface area contributed by atoms with E-state index in [1.165, 1.54) is 60.9 Å². The number of benzene rings is 2. The predicted molar refractivity (Wildman–Crippen MR) is 112 cm³/mol. The molecule has 11 heteroatoms. The number of amides is 1. The van der Waals surface area contributed by atoms with E-state index >= 15 is 0 Å². The lowest BCUT2D eigenvalue weighted by Crippen LogP contribution is -2.28. The van der Waals surface area contributed by atoms with Crippen LogP contribution in [0.1, 0.15) is 23.2 Å². The Hall–Kier alpha value is -2.47. The number of ether oxygens (including phenoxy) is 1. The zero-order chi connectivity index (χ0) is 21.9. The van der Waals surface area contributed by atoms with Crippen LogP contribution >= 0.6 is 0 Å². The molecule has 0 unspecified atom stereocenters. The zero-order valence-corrected chi connectivity index (χ0v) is 18.2. The first-order valence-electron chi connectivity index (χ1n) is 9.22. The second-order valence-electron chi connectivity index (χ2n) is 6.66. The van der Waals surface area contributed by atoms with E-state index in [4.69, 9.17) is 4.74 Å². The molecule has 0 saturated carbocycles. The van der Waals surface area contributed by atoms with Crippen molar-refractivity contribution >= 4 is 31.6 Å². The molecule has 30 heavy (non-hydrogen) atoms. The summed E-state index contributed by atoms with van der Waals surface area (Å²) in [6, 6.07) is 9.76. The Morgan fingerprint density at radius 3 is 2.33 bits per heavy atom. The molecule has 2 aromatic rings. The van der Waals surface area contributed by atoms with Gasteiger partial charge in [-0.15, -0.1) is 0 Å². The molecule has 0 bridgehead atoms. The molecule has 0 aromatic heterocycles. The Bertz CT molecular complexity index is 1160. The highest BCUT2D eigenvalue weighted by molar-refractivity contribution is 7.89. The quantitative estimate of drug-likeness (QED) is 0.657. The molecule has 162 valence electrons. The summed E-state index contributed by atoms with van der Waals surface area (Å²) in [6.07, 6.45) is 1.62. The minimum Gasteiger partial charge on any atom is -0.495 e. The molecule has 2 aromatic carbocycles. The van der Waals surface area contributed by atoms with Gasteiger partial charge in [0.1, 0.15) is 5.75 Å². The Labute approximate surface area is 176 Å². The number of methoxy groups -OCH3 is 1. The number of hydrogen-bond acceptors (Lipinski definition) is 6. The van der Waals surface area contributed by atoms with Crippen LogP contribution in [0.4, 0.5) is 5.69 Å². The first-order chi connectivity index (χ1) is 14.2. The summed E-state index contributed by atoms with van der Waals surface area (Å²) in [5, 5.41) is 2.62. The minimum absolute atomic E-state index is 0.0482. The number of nitrogens with zero attached hydrogens (tertiary/aromatic N) is 1. The molecule has 1 fully saturated rings. The molecule has 1 aliphatic heterocycles. The van der Waals surface area contributed by atoms with Gasteiger partial charge < -0.3 is 10.1 Å². The van der Waals surface area contributed by atoms with Gasteiger partial charge in [-0.25, -0.2) is 21.6 Å². The molecule has 2 N–H and O–H groups in total. The smallest absolute Gasteiger partial charge is 0.255 e. The summed E-state index contributed by atoms with van der Waals surface area (Å²) in [5.74, 6) is -0.320. The molecule has 0 aliphatic carbocycles. The number of hydrogen-bond donors (Lipinski definition) is 2. The van der Waals surface area contributed by atoms with Gasteiger partial charge in [0.25, 0.3) is 5.91 Å². The molecule has 0 atom stereocenters. The van der Waals surface area contributed by atoms with Crippen LogP contribution in [-0.2, 0) is 20.0 Å². The maximum atomic E-state index is 12.8. The molecule has 1 saturated heterocycles. The molecule has 9 nitrogen and oxygen atoms in total. The molecule has 1 heterocycles. The summed E-state index contributed by atoms with van der Waals surface area (Å²) >= 11 is 0. The molecule has 1 amide bonds. The maximum Gasteiger partial charge on any atom is 0.255 e. The predicted octanol–water partition coefficient (Wildman–Crippen LogP) is 1.64. The number of carbonyl (C=O) groups excluding carboxylic acids is 1. The standard InChI is InChI=1S/C19H23N3O6S2/c1-20-29(24,25)15-7-5-6-14(12-15)19(23)21-17-13-16(8-9-18(17)28-2)30(26,27)22-10-3-4-11-22/h5-9,12-13,20H,3-4,10-11H2,1-2H3,(H,21,23). The topological polar surface area (TPSA) is 122 Å². The van der Waals surface area contributed by atoms with Crippen LogP contribution in [0.15, 0.2) is 52.3 Å². The summed E-state index contributed by atoms with van der Waals surface area (Å²) in [6.45, 7) is 0.922. The highest BCUT2D eigenvalue weighted by Crippen LogP contribution is 2.30. The lowest BCUT2D eigenvalue weighted by atomic mass is 10.2. The monoisotopic (exact) mass is 453 g/mol. The number of sulfonamides is 2. The van der Waals surface area contributed by atoms with Crippen molar-refractivity contribution in [3.8, 4) is 5.75 Å². The molecule has 0 radical (unpaired) electrons. The van der Waals surface area contributed by atoms with Crippen molar-refractivity contribution in [2.75, 3.05) is 32.6 Å². The fourth-order valence-electron chi connectivity index (χ4n) is 3.14. The van der Waals surface area contributed by atoms with Crippen LogP contribution in [0.3, 0.4) is 0 Å². The van der Waals surface area contributed by atoms with E-state index in [1.54, 1.807) is 0 Å². The third-order valence-corrected chi connectivity index (χ3v) is 8.10. The fourth-order valence-corrected chi connectivity index (χ4v) is 5.46. The van der Waals surface area contributed by atoms with Crippen molar-refractivity contribution in [1.82, 2.24) is 9.03 Å². The number of anilines is 1. The highest BCUT2D eigenvalue weighted by Gasteiger charge is 2.28. The lowest BCUT2D eigenvalue weighted by Gasteiger charge is -2.17.